The van der Waals surface area contributed by atoms with Crippen LogP contribution in [-0.4, -0.2) is 50.2 Å². The molecule has 0 aliphatic carbocycles. The molecule has 0 bridgehead atoms. The molecule has 1 aromatic heterocycles. The highest BCUT2D eigenvalue weighted by Gasteiger charge is 2.37. The standard InChI is InChI=1S/C11H15ClN2O4S2/c1-2-14(9-4-6-19(15,16)8-9)20(17,18)10-3-5-13-11(12)7-10/h3,5,7,9H,2,4,6,8H2,1H3. The lowest BCUT2D eigenvalue weighted by atomic mass is 10.3. The van der Waals surface area contributed by atoms with Crippen LogP contribution < -0.4 is 0 Å². The van der Waals surface area contributed by atoms with Crippen molar-refractivity contribution in [3.63, 3.8) is 0 Å². The maximum atomic E-state index is 12.6. The van der Waals surface area contributed by atoms with E-state index in [0.717, 1.165) is 0 Å². The van der Waals surface area contributed by atoms with Crippen LogP contribution in [0.5, 0.6) is 0 Å². The summed E-state index contributed by atoms with van der Waals surface area (Å²) in [4.78, 5) is 3.78. The van der Waals surface area contributed by atoms with Gasteiger partial charge in [-0.15, -0.1) is 0 Å². The molecule has 1 aliphatic rings. The molecule has 1 atom stereocenters. The van der Waals surface area contributed by atoms with Gasteiger partial charge in [0, 0.05) is 18.8 Å². The van der Waals surface area contributed by atoms with Gasteiger partial charge in [0.1, 0.15) is 5.15 Å². The Morgan fingerprint density at radius 2 is 2.20 bits per heavy atom. The number of rotatable bonds is 4. The number of nitrogens with zero attached hydrogens (tertiary/aromatic N) is 2. The van der Waals surface area contributed by atoms with Crippen molar-refractivity contribution in [1.82, 2.24) is 9.29 Å². The van der Waals surface area contributed by atoms with Gasteiger partial charge in [0.15, 0.2) is 9.84 Å². The lowest BCUT2D eigenvalue weighted by molar-refractivity contribution is 0.354. The second-order valence-corrected chi connectivity index (χ2v) is 9.09. The van der Waals surface area contributed by atoms with Gasteiger partial charge in [-0.2, -0.15) is 4.31 Å². The first kappa shape index (κ1) is 15.7. The van der Waals surface area contributed by atoms with Crippen molar-refractivity contribution in [2.45, 2.75) is 24.3 Å². The van der Waals surface area contributed by atoms with Crippen molar-refractivity contribution in [1.29, 1.82) is 0 Å². The number of pyridine rings is 1. The van der Waals surface area contributed by atoms with E-state index >= 15 is 0 Å². The third-order valence-electron chi connectivity index (χ3n) is 3.23. The highest BCUT2D eigenvalue weighted by molar-refractivity contribution is 7.92. The zero-order valence-electron chi connectivity index (χ0n) is 10.9. The van der Waals surface area contributed by atoms with Crippen LogP contribution in [0.4, 0.5) is 0 Å². The van der Waals surface area contributed by atoms with E-state index in [1.165, 1.54) is 22.6 Å². The minimum atomic E-state index is -3.76. The molecule has 9 heteroatoms. The van der Waals surface area contributed by atoms with E-state index in [1.54, 1.807) is 6.92 Å². The minimum Gasteiger partial charge on any atom is -0.244 e. The topological polar surface area (TPSA) is 84.4 Å². The Bertz CT molecular complexity index is 703. The number of sulfone groups is 1. The Balaban J connectivity index is 2.36. The number of halogens is 1. The largest absolute Gasteiger partial charge is 0.244 e. The summed E-state index contributed by atoms with van der Waals surface area (Å²) in [5.74, 6) is -0.0975. The van der Waals surface area contributed by atoms with Crippen molar-refractivity contribution in [3.8, 4) is 0 Å². The molecule has 20 heavy (non-hydrogen) atoms. The Kier molecular flexibility index (Phi) is 4.38. The quantitative estimate of drug-likeness (QED) is 0.762. The van der Waals surface area contributed by atoms with E-state index < -0.39 is 25.9 Å². The predicted molar refractivity (Wildman–Crippen MR) is 75.9 cm³/mol. The minimum absolute atomic E-state index is 0.0286. The van der Waals surface area contributed by atoms with Crippen LogP contribution in [0.3, 0.4) is 0 Å². The maximum absolute atomic E-state index is 12.6. The molecule has 1 fully saturated rings. The van der Waals surface area contributed by atoms with Crippen LogP contribution in [0.15, 0.2) is 23.2 Å². The van der Waals surface area contributed by atoms with Crippen molar-refractivity contribution in [2.75, 3.05) is 18.1 Å². The number of hydrogen-bond donors (Lipinski definition) is 0. The van der Waals surface area contributed by atoms with Gasteiger partial charge in [-0.3, -0.25) is 0 Å². The molecule has 1 unspecified atom stereocenters. The second kappa shape index (κ2) is 5.59. The van der Waals surface area contributed by atoms with Gasteiger partial charge in [-0.05, 0) is 18.6 Å². The van der Waals surface area contributed by atoms with Crippen molar-refractivity contribution in [3.05, 3.63) is 23.5 Å². The van der Waals surface area contributed by atoms with Crippen LogP contribution in [-0.2, 0) is 19.9 Å². The van der Waals surface area contributed by atoms with Gasteiger partial charge in [0.25, 0.3) is 0 Å². The fourth-order valence-electron chi connectivity index (χ4n) is 2.31. The monoisotopic (exact) mass is 338 g/mol. The van der Waals surface area contributed by atoms with Crippen LogP contribution in [0.2, 0.25) is 5.15 Å². The fraction of sp³-hybridized carbons (Fsp3) is 0.545. The first-order valence-corrected chi connectivity index (χ1v) is 9.74. The Morgan fingerprint density at radius 3 is 2.70 bits per heavy atom. The summed E-state index contributed by atoms with van der Waals surface area (Å²) < 4.78 is 49.4. The highest BCUT2D eigenvalue weighted by Crippen LogP contribution is 2.25. The summed E-state index contributed by atoms with van der Waals surface area (Å²) in [6, 6.07) is 2.11. The summed E-state index contributed by atoms with van der Waals surface area (Å²) >= 11 is 5.71. The SMILES string of the molecule is CCN(C1CCS(=O)(=O)C1)S(=O)(=O)c1ccnc(Cl)c1. The summed E-state index contributed by atoms with van der Waals surface area (Å²) in [6.07, 6.45) is 1.64. The van der Waals surface area contributed by atoms with Crippen molar-refractivity contribution >= 4 is 31.5 Å². The third kappa shape index (κ3) is 3.13. The van der Waals surface area contributed by atoms with E-state index in [2.05, 4.69) is 4.98 Å². The van der Waals surface area contributed by atoms with Gasteiger partial charge >= 0.3 is 0 Å². The molecule has 2 heterocycles. The summed E-state index contributed by atoms with van der Waals surface area (Å²) in [6.45, 7) is 1.90. The lowest BCUT2D eigenvalue weighted by Gasteiger charge is -2.25. The number of hydrogen-bond acceptors (Lipinski definition) is 5. The average molecular weight is 339 g/mol. The molecule has 0 amide bonds. The van der Waals surface area contributed by atoms with Crippen molar-refractivity contribution < 1.29 is 16.8 Å². The molecule has 0 aromatic carbocycles. The zero-order chi connectivity index (χ0) is 15.0. The van der Waals surface area contributed by atoms with Gasteiger partial charge in [-0.25, -0.2) is 21.8 Å². The molecule has 0 N–H and O–H groups in total. The predicted octanol–water partition coefficient (Wildman–Crippen LogP) is 0.933. The Hall–Kier alpha value is -0.700. The van der Waals surface area contributed by atoms with Gasteiger partial charge in [0.2, 0.25) is 10.0 Å². The maximum Gasteiger partial charge on any atom is 0.243 e. The molecule has 2 rings (SSSR count). The summed E-state index contributed by atoms with van der Waals surface area (Å²) in [7, 11) is -6.91. The first-order valence-electron chi connectivity index (χ1n) is 6.10. The smallest absolute Gasteiger partial charge is 0.243 e. The molecular formula is C11H15ClN2O4S2. The van der Waals surface area contributed by atoms with Crippen molar-refractivity contribution in [2.24, 2.45) is 0 Å². The Morgan fingerprint density at radius 1 is 1.50 bits per heavy atom. The van der Waals surface area contributed by atoms with E-state index in [0.29, 0.717) is 6.42 Å². The van der Waals surface area contributed by atoms with E-state index in [4.69, 9.17) is 11.6 Å². The molecule has 6 nitrogen and oxygen atoms in total. The molecule has 112 valence electrons. The average Bonchev–Trinajstić information content (AvgIpc) is 2.70. The molecule has 1 saturated heterocycles. The summed E-state index contributed by atoms with van der Waals surface area (Å²) in [5.41, 5.74) is 0. The molecule has 0 saturated carbocycles. The van der Waals surface area contributed by atoms with Gasteiger partial charge < -0.3 is 0 Å². The molecule has 0 spiro atoms. The molecule has 0 radical (unpaired) electrons. The van der Waals surface area contributed by atoms with Crippen LogP contribution >= 0.6 is 11.6 Å². The molecular weight excluding hydrogens is 324 g/mol. The van der Waals surface area contributed by atoms with Gasteiger partial charge in [0.05, 0.1) is 16.4 Å². The first-order chi connectivity index (χ1) is 9.26. The van der Waals surface area contributed by atoms with Crippen LogP contribution in [0.25, 0.3) is 0 Å². The fourth-order valence-corrected chi connectivity index (χ4v) is 6.05. The number of aromatic nitrogens is 1. The summed E-state index contributed by atoms with van der Waals surface area (Å²) in [5, 5.41) is 0.0844. The second-order valence-electron chi connectivity index (χ2n) is 4.58. The third-order valence-corrected chi connectivity index (χ3v) is 7.21. The van der Waals surface area contributed by atoms with E-state index in [9.17, 15) is 16.8 Å². The van der Waals surface area contributed by atoms with E-state index in [-0.39, 0.29) is 28.1 Å². The lowest BCUT2D eigenvalue weighted by Crippen LogP contribution is -2.40. The highest BCUT2D eigenvalue weighted by atomic mass is 35.5. The van der Waals surface area contributed by atoms with Crippen LogP contribution in [0, 0.1) is 0 Å². The van der Waals surface area contributed by atoms with Gasteiger partial charge in [-0.1, -0.05) is 18.5 Å². The Labute approximate surface area is 123 Å². The zero-order valence-corrected chi connectivity index (χ0v) is 13.2. The molecule has 1 aliphatic heterocycles. The molecule has 1 aromatic rings. The van der Waals surface area contributed by atoms with Crippen LogP contribution in [0.1, 0.15) is 13.3 Å². The normalized spacial score (nSPS) is 22.2. The van der Waals surface area contributed by atoms with E-state index in [1.807, 2.05) is 0 Å². The number of sulfonamides is 1.